The summed E-state index contributed by atoms with van der Waals surface area (Å²) in [6, 6.07) is -6.22. The van der Waals surface area contributed by atoms with Gasteiger partial charge in [0.25, 0.3) is 0 Å². The third-order valence-electron chi connectivity index (χ3n) is 10.5. The summed E-state index contributed by atoms with van der Waals surface area (Å²) in [6.45, 7) is 3.96. The molecule has 0 bridgehead atoms. The second kappa shape index (κ2) is 23.1. The summed E-state index contributed by atoms with van der Waals surface area (Å²) >= 11 is 0. The van der Waals surface area contributed by atoms with Crippen LogP contribution in [0.3, 0.4) is 0 Å². The summed E-state index contributed by atoms with van der Waals surface area (Å²) in [5.41, 5.74) is 17.2. The van der Waals surface area contributed by atoms with E-state index in [1.165, 1.54) is 16.7 Å². The fraction of sp³-hybridized carbons (Fsp3) is 0.806. The molecule has 306 valence electrons. The zero-order valence-corrected chi connectivity index (χ0v) is 31.8. The normalized spacial score (nSPS) is 21.9. The Kier molecular flexibility index (Phi) is 19.1. The second-order valence-electron chi connectivity index (χ2n) is 14.6. The lowest BCUT2D eigenvalue weighted by atomic mass is 10.0. The van der Waals surface area contributed by atoms with Gasteiger partial charge in [0.15, 0.2) is 0 Å². The summed E-state index contributed by atoms with van der Waals surface area (Å²) in [5.74, 6) is -3.99. The Morgan fingerprint density at radius 2 is 1.15 bits per heavy atom. The molecule has 0 aromatic rings. The Labute approximate surface area is 318 Å². The number of hydrogen-bond acceptors (Lipinski definition) is 11. The molecule has 3 rings (SSSR count). The molecule has 3 aliphatic rings. The number of carbonyl (C=O) groups excluding carboxylic acids is 6. The fourth-order valence-corrected chi connectivity index (χ4v) is 7.37. The molecule has 0 radical (unpaired) electrons. The van der Waals surface area contributed by atoms with Crippen molar-refractivity contribution in [2.24, 2.45) is 17.2 Å². The van der Waals surface area contributed by atoms with E-state index in [9.17, 15) is 38.7 Å². The van der Waals surface area contributed by atoms with Gasteiger partial charge in [0, 0.05) is 13.1 Å². The van der Waals surface area contributed by atoms with E-state index in [-0.39, 0.29) is 37.8 Å². The highest BCUT2D eigenvalue weighted by atomic mass is 16.4. The van der Waals surface area contributed by atoms with Gasteiger partial charge < -0.3 is 58.7 Å². The van der Waals surface area contributed by atoms with Crippen molar-refractivity contribution in [3.8, 4) is 0 Å². The highest BCUT2D eigenvalue weighted by molar-refractivity contribution is 5.97. The second-order valence-corrected chi connectivity index (χ2v) is 14.6. The van der Waals surface area contributed by atoms with Crippen LogP contribution in [0.1, 0.15) is 103 Å². The Morgan fingerprint density at radius 1 is 0.648 bits per heavy atom. The highest BCUT2D eigenvalue weighted by Gasteiger charge is 2.44. The average Bonchev–Trinajstić information content (AvgIpc) is 3.96. The number of likely N-dealkylation sites (tertiary alicyclic amines) is 2. The molecule has 18 nitrogen and oxygen atoms in total. The van der Waals surface area contributed by atoms with Gasteiger partial charge in [-0.2, -0.15) is 0 Å². The molecule has 3 saturated heterocycles. The number of nitrogens with one attached hydrogen (secondary N) is 5. The molecule has 0 unspecified atom stereocenters. The van der Waals surface area contributed by atoms with Crippen LogP contribution in [0.15, 0.2) is 0 Å². The third-order valence-corrected chi connectivity index (χ3v) is 10.5. The van der Waals surface area contributed by atoms with Gasteiger partial charge in [0.05, 0.1) is 6.04 Å². The molecule has 54 heavy (non-hydrogen) atoms. The van der Waals surface area contributed by atoms with E-state index in [4.69, 9.17) is 17.2 Å². The molecular weight excluding hydrogens is 700 g/mol. The van der Waals surface area contributed by atoms with E-state index in [0.717, 1.165) is 13.0 Å². The summed E-state index contributed by atoms with van der Waals surface area (Å²) in [7, 11) is 0. The summed E-state index contributed by atoms with van der Waals surface area (Å²) in [4.78, 5) is 95.9. The van der Waals surface area contributed by atoms with Gasteiger partial charge in [-0.3, -0.25) is 28.8 Å². The number of carbonyl (C=O) groups is 7. The minimum Gasteiger partial charge on any atom is -0.480 e. The van der Waals surface area contributed by atoms with E-state index >= 15 is 0 Å². The molecule has 12 N–H and O–H groups in total. The molecule has 0 saturated carbocycles. The standard InChI is InChI=1S/C36H64N10O8/c1-23(41-31(48)24-14-8-20-40-24)30(47)42-25(11-2-5-17-37)32(49)43-26(12-3-6-18-38)33(50)44-27(13-4-7-19-39)34(51)45-21-9-15-28(45)35(52)46-22-10-16-29(46)36(53)54/h23-29,40H,2-22,37-39H2,1H3,(H,41,48)(H,42,47)(H,43,49)(H,44,50)(H,53,54)/t23-,24-,25-,26-,27-,28-,29-/m0/s1. The van der Waals surface area contributed by atoms with Crippen molar-refractivity contribution < 1.29 is 38.7 Å². The summed E-state index contributed by atoms with van der Waals surface area (Å²) < 4.78 is 0. The molecule has 0 spiro atoms. The van der Waals surface area contributed by atoms with Gasteiger partial charge >= 0.3 is 5.97 Å². The molecule has 0 aromatic carbocycles. The summed E-state index contributed by atoms with van der Waals surface area (Å²) in [6.07, 6.45) is 7.33. The minimum atomic E-state index is -1.08. The Hall–Kier alpha value is -3.87. The van der Waals surface area contributed by atoms with E-state index in [2.05, 4.69) is 26.6 Å². The van der Waals surface area contributed by atoms with Crippen LogP contribution in [0.5, 0.6) is 0 Å². The molecule has 0 aromatic heterocycles. The van der Waals surface area contributed by atoms with Gasteiger partial charge in [0.2, 0.25) is 35.4 Å². The van der Waals surface area contributed by atoms with Crippen LogP contribution in [0.4, 0.5) is 0 Å². The van der Waals surface area contributed by atoms with Crippen molar-refractivity contribution in [3.63, 3.8) is 0 Å². The number of amides is 6. The van der Waals surface area contributed by atoms with Gasteiger partial charge in [0.1, 0.15) is 36.3 Å². The number of aliphatic carboxylic acids is 1. The van der Waals surface area contributed by atoms with E-state index in [0.29, 0.717) is 96.8 Å². The van der Waals surface area contributed by atoms with Crippen LogP contribution in [0.25, 0.3) is 0 Å². The first kappa shape index (κ1) is 44.5. The number of carboxylic acid groups (broad SMARTS) is 1. The van der Waals surface area contributed by atoms with Crippen LogP contribution in [-0.4, -0.2) is 138 Å². The van der Waals surface area contributed by atoms with Crippen LogP contribution >= 0.6 is 0 Å². The molecule has 3 fully saturated rings. The monoisotopic (exact) mass is 764 g/mol. The first-order valence-electron chi connectivity index (χ1n) is 19.8. The average molecular weight is 765 g/mol. The van der Waals surface area contributed by atoms with Crippen LogP contribution in [0, 0.1) is 0 Å². The molecule has 7 atom stereocenters. The zero-order chi connectivity index (χ0) is 39.6. The van der Waals surface area contributed by atoms with Crippen LogP contribution in [-0.2, 0) is 33.6 Å². The number of carboxylic acids is 1. The molecule has 3 aliphatic heterocycles. The lowest BCUT2D eigenvalue weighted by Crippen LogP contribution is -2.59. The maximum Gasteiger partial charge on any atom is 0.326 e. The SMILES string of the molecule is C[C@H](NC(=O)[C@@H]1CCCN1)C(=O)N[C@@H](CCCCN)C(=O)N[C@@H](CCCCN)C(=O)N[C@@H](CCCCN)C(=O)N1CCC[C@H]1C(=O)N1CCC[C@H]1C(=O)O. The first-order chi connectivity index (χ1) is 25.9. The highest BCUT2D eigenvalue weighted by Crippen LogP contribution is 2.26. The Morgan fingerprint density at radius 3 is 1.67 bits per heavy atom. The van der Waals surface area contributed by atoms with Gasteiger partial charge in [-0.25, -0.2) is 4.79 Å². The molecule has 0 aliphatic carbocycles. The van der Waals surface area contributed by atoms with Crippen molar-refractivity contribution in [1.29, 1.82) is 0 Å². The maximum atomic E-state index is 14.1. The largest absolute Gasteiger partial charge is 0.480 e. The van der Waals surface area contributed by atoms with Gasteiger partial charge in [-0.15, -0.1) is 0 Å². The minimum absolute atomic E-state index is 0.208. The fourth-order valence-electron chi connectivity index (χ4n) is 7.37. The topological polar surface area (TPSA) is 284 Å². The molecule has 6 amide bonds. The lowest BCUT2D eigenvalue weighted by molar-refractivity contribution is -0.152. The number of rotatable bonds is 23. The third kappa shape index (κ3) is 13.2. The number of hydrogen-bond donors (Lipinski definition) is 9. The van der Waals surface area contributed by atoms with E-state index in [1.807, 2.05) is 0 Å². The van der Waals surface area contributed by atoms with Crippen molar-refractivity contribution >= 4 is 41.4 Å². The molecule has 18 heteroatoms. The number of nitrogens with zero attached hydrogens (tertiary/aromatic N) is 2. The maximum absolute atomic E-state index is 14.1. The van der Waals surface area contributed by atoms with Crippen molar-refractivity contribution in [2.75, 3.05) is 39.3 Å². The lowest BCUT2D eigenvalue weighted by Gasteiger charge is -2.33. The van der Waals surface area contributed by atoms with Crippen molar-refractivity contribution in [3.05, 3.63) is 0 Å². The quantitative estimate of drug-likeness (QED) is 0.0519. The van der Waals surface area contributed by atoms with E-state index in [1.54, 1.807) is 0 Å². The number of nitrogens with two attached hydrogens (primary N) is 3. The van der Waals surface area contributed by atoms with Crippen LogP contribution < -0.4 is 43.8 Å². The first-order valence-corrected chi connectivity index (χ1v) is 19.8. The van der Waals surface area contributed by atoms with Gasteiger partial charge in [-0.1, -0.05) is 0 Å². The zero-order valence-electron chi connectivity index (χ0n) is 31.8. The predicted molar refractivity (Wildman–Crippen MR) is 200 cm³/mol. The van der Waals surface area contributed by atoms with Gasteiger partial charge in [-0.05, 0) is 129 Å². The predicted octanol–water partition coefficient (Wildman–Crippen LogP) is -1.85. The summed E-state index contributed by atoms with van der Waals surface area (Å²) in [5, 5.41) is 23.8. The molecular formula is C36H64N10O8. The smallest absolute Gasteiger partial charge is 0.326 e. The van der Waals surface area contributed by atoms with Crippen molar-refractivity contribution in [2.45, 2.75) is 146 Å². The van der Waals surface area contributed by atoms with Crippen molar-refractivity contribution in [1.82, 2.24) is 36.4 Å². The van der Waals surface area contributed by atoms with Crippen LogP contribution in [0.2, 0.25) is 0 Å². The van der Waals surface area contributed by atoms with E-state index < -0.39 is 71.8 Å². The number of unbranched alkanes of at least 4 members (excludes halogenated alkanes) is 3. The molecule has 3 heterocycles. The Balaban J connectivity index is 1.76. The Bertz CT molecular complexity index is 1280.